The van der Waals surface area contributed by atoms with Gasteiger partial charge in [0.15, 0.2) is 0 Å². The fraction of sp³-hybridized carbons (Fsp3) is 0.118. The molecular formula is C17H12Cl2N2O4. The standard InChI is InChI=1S/C17H12Cl2N2O4/c1-24-10-7-11(25-2)14(19)12(13(10)18)8-3-4-9(17(22)23)16-15(8)20-5-6-21-16/h3-7H,1-2H3,(H,22,23). The third-order valence-electron chi connectivity index (χ3n) is 3.70. The van der Waals surface area contributed by atoms with Gasteiger partial charge in [-0.25, -0.2) is 4.79 Å². The molecule has 128 valence electrons. The lowest BCUT2D eigenvalue weighted by molar-refractivity contribution is 0.0699. The summed E-state index contributed by atoms with van der Waals surface area (Å²) in [6.07, 6.45) is 2.89. The molecule has 25 heavy (non-hydrogen) atoms. The lowest BCUT2D eigenvalue weighted by Crippen LogP contribution is -2.01. The molecule has 0 unspecified atom stereocenters. The van der Waals surface area contributed by atoms with Crippen molar-refractivity contribution in [1.29, 1.82) is 0 Å². The number of aromatic carboxylic acids is 1. The fourth-order valence-corrected chi connectivity index (χ4v) is 3.26. The van der Waals surface area contributed by atoms with Crippen molar-refractivity contribution in [2.75, 3.05) is 14.2 Å². The van der Waals surface area contributed by atoms with Gasteiger partial charge in [-0.1, -0.05) is 29.3 Å². The Labute approximate surface area is 152 Å². The van der Waals surface area contributed by atoms with Crippen molar-refractivity contribution in [3.8, 4) is 22.6 Å². The van der Waals surface area contributed by atoms with E-state index >= 15 is 0 Å². The number of methoxy groups -OCH3 is 2. The van der Waals surface area contributed by atoms with Crippen LogP contribution in [0.5, 0.6) is 11.5 Å². The summed E-state index contributed by atoms with van der Waals surface area (Å²) < 4.78 is 10.6. The summed E-state index contributed by atoms with van der Waals surface area (Å²) in [4.78, 5) is 19.8. The number of hydrogen-bond donors (Lipinski definition) is 1. The van der Waals surface area contributed by atoms with E-state index in [-0.39, 0.29) is 21.1 Å². The van der Waals surface area contributed by atoms with Gasteiger partial charge in [0.1, 0.15) is 17.0 Å². The SMILES string of the molecule is COc1cc(OC)c(Cl)c(-c2ccc(C(=O)O)c3nccnc23)c1Cl. The van der Waals surface area contributed by atoms with Crippen LogP contribution in [0.3, 0.4) is 0 Å². The van der Waals surface area contributed by atoms with Crippen molar-refractivity contribution in [3.63, 3.8) is 0 Å². The maximum Gasteiger partial charge on any atom is 0.337 e. The van der Waals surface area contributed by atoms with Gasteiger partial charge in [-0.15, -0.1) is 0 Å². The molecule has 1 N–H and O–H groups in total. The highest BCUT2D eigenvalue weighted by atomic mass is 35.5. The number of benzene rings is 2. The van der Waals surface area contributed by atoms with Crippen LogP contribution >= 0.6 is 23.2 Å². The topological polar surface area (TPSA) is 81.5 Å². The Hall–Kier alpha value is -2.57. The Morgan fingerprint density at radius 2 is 1.56 bits per heavy atom. The Morgan fingerprint density at radius 1 is 1.00 bits per heavy atom. The van der Waals surface area contributed by atoms with Crippen LogP contribution in [-0.2, 0) is 0 Å². The summed E-state index contributed by atoms with van der Waals surface area (Å²) in [5, 5.41) is 9.89. The highest BCUT2D eigenvalue weighted by Gasteiger charge is 2.22. The highest BCUT2D eigenvalue weighted by Crippen LogP contribution is 2.47. The Kier molecular flexibility index (Phi) is 4.65. The van der Waals surface area contributed by atoms with Gasteiger partial charge in [-0.05, 0) is 6.07 Å². The van der Waals surface area contributed by atoms with Crippen molar-refractivity contribution < 1.29 is 19.4 Å². The Balaban J connectivity index is 2.42. The lowest BCUT2D eigenvalue weighted by atomic mass is 10.00. The van der Waals surface area contributed by atoms with Gasteiger partial charge in [-0.3, -0.25) is 9.97 Å². The molecule has 0 aliphatic rings. The number of ether oxygens (including phenoxy) is 2. The minimum atomic E-state index is -1.10. The molecule has 0 atom stereocenters. The number of carboxylic acid groups (broad SMARTS) is 1. The number of hydrogen-bond acceptors (Lipinski definition) is 5. The normalized spacial score (nSPS) is 10.7. The molecule has 8 heteroatoms. The molecule has 3 rings (SSSR count). The largest absolute Gasteiger partial charge is 0.495 e. The number of halogens is 2. The summed E-state index contributed by atoms with van der Waals surface area (Å²) in [7, 11) is 2.95. The maximum atomic E-state index is 11.4. The van der Waals surface area contributed by atoms with Crippen LogP contribution in [0.1, 0.15) is 10.4 Å². The minimum absolute atomic E-state index is 0.0361. The summed E-state index contributed by atoms with van der Waals surface area (Å²) in [5.74, 6) is -0.355. The van der Waals surface area contributed by atoms with Crippen LogP contribution < -0.4 is 9.47 Å². The summed E-state index contributed by atoms with van der Waals surface area (Å²) in [6, 6.07) is 4.60. The first-order chi connectivity index (χ1) is 12.0. The van der Waals surface area contributed by atoms with E-state index in [9.17, 15) is 9.90 Å². The van der Waals surface area contributed by atoms with Crippen molar-refractivity contribution in [3.05, 3.63) is 46.2 Å². The van der Waals surface area contributed by atoms with Gasteiger partial charge >= 0.3 is 5.97 Å². The Bertz CT molecular complexity index is 964. The molecular weight excluding hydrogens is 367 g/mol. The molecule has 0 radical (unpaired) electrons. The lowest BCUT2D eigenvalue weighted by Gasteiger charge is -2.16. The molecule has 2 aromatic carbocycles. The van der Waals surface area contributed by atoms with E-state index in [1.807, 2.05) is 0 Å². The van der Waals surface area contributed by atoms with E-state index in [1.54, 1.807) is 12.1 Å². The van der Waals surface area contributed by atoms with Crippen LogP contribution in [0.4, 0.5) is 0 Å². The van der Waals surface area contributed by atoms with E-state index < -0.39 is 5.97 Å². The van der Waals surface area contributed by atoms with Crippen molar-refractivity contribution in [2.45, 2.75) is 0 Å². The minimum Gasteiger partial charge on any atom is -0.495 e. The maximum absolute atomic E-state index is 11.4. The third kappa shape index (κ3) is 2.83. The molecule has 0 bridgehead atoms. The summed E-state index contributed by atoms with van der Waals surface area (Å²) in [6.45, 7) is 0. The second kappa shape index (κ2) is 6.74. The zero-order valence-electron chi connectivity index (χ0n) is 13.2. The molecule has 3 aromatic rings. The van der Waals surface area contributed by atoms with E-state index in [1.165, 1.54) is 32.7 Å². The van der Waals surface area contributed by atoms with Gasteiger partial charge in [0.05, 0.1) is 35.3 Å². The molecule has 0 aliphatic carbocycles. The summed E-state index contributed by atoms with van der Waals surface area (Å²) >= 11 is 12.9. The number of rotatable bonds is 4. The first-order valence-corrected chi connectivity index (χ1v) is 7.82. The smallest absolute Gasteiger partial charge is 0.337 e. The molecule has 0 saturated heterocycles. The second-order valence-corrected chi connectivity index (χ2v) is 5.76. The van der Waals surface area contributed by atoms with Crippen LogP contribution in [0.15, 0.2) is 30.6 Å². The van der Waals surface area contributed by atoms with Crippen LogP contribution in [0.25, 0.3) is 22.2 Å². The first kappa shape index (κ1) is 17.3. The van der Waals surface area contributed by atoms with Gasteiger partial charge < -0.3 is 14.6 Å². The number of carboxylic acids is 1. The number of aromatic nitrogens is 2. The molecule has 0 amide bonds. The number of fused-ring (bicyclic) bond motifs is 1. The quantitative estimate of drug-likeness (QED) is 0.727. The predicted molar refractivity (Wildman–Crippen MR) is 95.1 cm³/mol. The average molecular weight is 379 g/mol. The van der Waals surface area contributed by atoms with Gasteiger partial charge in [-0.2, -0.15) is 0 Å². The molecule has 1 aromatic heterocycles. The van der Waals surface area contributed by atoms with Gasteiger partial charge in [0, 0.05) is 29.6 Å². The molecule has 0 spiro atoms. The zero-order chi connectivity index (χ0) is 18.1. The van der Waals surface area contributed by atoms with Gasteiger partial charge in [0.25, 0.3) is 0 Å². The highest BCUT2D eigenvalue weighted by molar-refractivity contribution is 6.41. The van der Waals surface area contributed by atoms with Crippen LogP contribution in [0.2, 0.25) is 10.0 Å². The summed E-state index contributed by atoms with van der Waals surface area (Å²) in [5.41, 5.74) is 1.60. The van der Waals surface area contributed by atoms with Crippen LogP contribution in [0, 0.1) is 0 Å². The third-order valence-corrected chi connectivity index (χ3v) is 4.45. The van der Waals surface area contributed by atoms with Crippen molar-refractivity contribution in [1.82, 2.24) is 9.97 Å². The van der Waals surface area contributed by atoms with E-state index in [0.29, 0.717) is 28.1 Å². The van der Waals surface area contributed by atoms with E-state index in [0.717, 1.165) is 0 Å². The van der Waals surface area contributed by atoms with E-state index in [4.69, 9.17) is 32.7 Å². The predicted octanol–water partition coefficient (Wildman–Crippen LogP) is 4.32. The molecule has 0 aliphatic heterocycles. The molecule has 0 saturated carbocycles. The van der Waals surface area contributed by atoms with Crippen molar-refractivity contribution >= 4 is 40.2 Å². The zero-order valence-corrected chi connectivity index (χ0v) is 14.7. The molecule has 1 heterocycles. The first-order valence-electron chi connectivity index (χ1n) is 7.07. The monoisotopic (exact) mass is 378 g/mol. The average Bonchev–Trinajstić information content (AvgIpc) is 2.62. The van der Waals surface area contributed by atoms with Crippen LogP contribution in [-0.4, -0.2) is 35.3 Å². The fourth-order valence-electron chi connectivity index (χ4n) is 2.55. The number of carbonyl (C=O) groups is 1. The Morgan fingerprint density at radius 3 is 2.08 bits per heavy atom. The van der Waals surface area contributed by atoms with E-state index in [2.05, 4.69) is 9.97 Å². The molecule has 0 fully saturated rings. The molecule has 6 nitrogen and oxygen atoms in total. The number of nitrogens with zero attached hydrogens (tertiary/aromatic N) is 2. The van der Waals surface area contributed by atoms with Gasteiger partial charge in [0.2, 0.25) is 0 Å². The second-order valence-electron chi connectivity index (χ2n) is 5.00. The van der Waals surface area contributed by atoms with Crippen molar-refractivity contribution in [2.24, 2.45) is 0 Å².